The zero-order valence-electron chi connectivity index (χ0n) is 12.2. The molecule has 0 aliphatic carbocycles. The van der Waals surface area contributed by atoms with Gasteiger partial charge in [-0.2, -0.15) is 0 Å². The minimum Gasteiger partial charge on any atom is -0.389 e. The number of fused-ring (bicyclic) bond motifs is 1. The van der Waals surface area contributed by atoms with Crippen molar-refractivity contribution in [1.29, 1.82) is 0 Å². The molecule has 1 aliphatic rings. The highest BCUT2D eigenvalue weighted by Gasteiger charge is 2.16. The molecule has 3 nitrogen and oxygen atoms in total. The van der Waals surface area contributed by atoms with Gasteiger partial charge < -0.3 is 10.6 Å². The van der Waals surface area contributed by atoms with Crippen LogP contribution in [0.5, 0.6) is 0 Å². The molecule has 2 N–H and O–H groups in total. The van der Waals surface area contributed by atoms with E-state index >= 15 is 0 Å². The average molecular weight is 297 g/mol. The summed E-state index contributed by atoms with van der Waals surface area (Å²) >= 11 is 5.10. The van der Waals surface area contributed by atoms with E-state index in [0.717, 1.165) is 43.0 Å². The molecule has 0 saturated carbocycles. The second-order valence-corrected chi connectivity index (χ2v) is 5.95. The van der Waals surface area contributed by atoms with Gasteiger partial charge in [-0.25, -0.2) is 4.98 Å². The van der Waals surface area contributed by atoms with Crippen molar-refractivity contribution in [2.24, 2.45) is 5.73 Å². The fourth-order valence-electron chi connectivity index (χ4n) is 2.85. The maximum Gasteiger partial charge on any atom is 0.129 e. The lowest BCUT2D eigenvalue weighted by atomic mass is 10.0. The van der Waals surface area contributed by atoms with Gasteiger partial charge in [-0.3, -0.25) is 0 Å². The Balaban J connectivity index is 1.95. The van der Waals surface area contributed by atoms with Gasteiger partial charge in [0.25, 0.3) is 0 Å². The smallest absolute Gasteiger partial charge is 0.129 e. The second-order valence-electron chi connectivity index (χ2n) is 5.51. The molecular formula is C17H19N3S. The van der Waals surface area contributed by atoms with E-state index in [9.17, 15) is 0 Å². The summed E-state index contributed by atoms with van der Waals surface area (Å²) in [5, 5.41) is 0. The molecule has 0 fully saturated rings. The summed E-state index contributed by atoms with van der Waals surface area (Å²) in [4.78, 5) is 7.41. The van der Waals surface area contributed by atoms with Crippen LogP contribution >= 0.6 is 12.2 Å². The summed E-state index contributed by atoms with van der Waals surface area (Å²) < 4.78 is 0. The molecule has 108 valence electrons. The quantitative estimate of drug-likeness (QED) is 0.865. The first-order chi connectivity index (χ1) is 10.1. The number of anilines is 1. The van der Waals surface area contributed by atoms with Gasteiger partial charge in [0.15, 0.2) is 0 Å². The maximum absolute atomic E-state index is 5.77. The molecule has 1 aromatic heterocycles. The third kappa shape index (κ3) is 3.05. The minimum atomic E-state index is 0.428. The first-order valence-electron chi connectivity index (χ1n) is 7.24. The lowest BCUT2D eigenvalue weighted by Gasteiger charge is -2.23. The van der Waals surface area contributed by atoms with Crippen LogP contribution < -0.4 is 10.6 Å². The van der Waals surface area contributed by atoms with Gasteiger partial charge in [0.2, 0.25) is 0 Å². The molecule has 0 amide bonds. The third-order valence-corrected chi connectivity index (χ3v) is 4.14. The van der Waals surface area contributed by atoms with Crippen LogP contribution in [-0.4, -0.2) is 16.5 Å². The van der Waals surface area contributed by atoms with Gasteiger partial charge in [-0.15, -0.1) is 0 Å². The topological polar surface area (TPSA) is 42.1 Å². The van der Waals surface area contributed by atoms with Gasteiger partial charge in [0.05, 0.1) is 0 Å². The van der Waals surface area contributed by atoms with E-state index in [2.05, 4.69) is 34.1 Å². The summed E-state index contributed by atoms with van der Waals surface area (Å²) in [5.41, 5.74) is 10.4. The highest BCUT2D eigenvalue weighted by molar-refractivity contribution is 7.80. The van der Waals surface area contributed by atoms with Crippen LogP contribution in [0.15, 0.2) is 36.4 Å². The van der Waals surface area contributed by atoms with E-state index in [4.69, 9.17) is 18.0 Å². The average Bonchev–Trinajstić information content (AvgIpc) is 2.68. The highest BCUT2D eigenvalue weighted by Crippen LogP contribution is 2.23. The normalized spacial score (nSPS) is 14.4. The molecule has 0 atom stereocenters. The number of aryl methyl sites for hydroxylation is 2. The van der Waals surface area contributed by atoms with E-state index in [-0.39, 0.29) is 0 Å². The molecule has 2 aromatic rings. The fraction of sp³-hybridized carbons (Fsp3) is 0.294. The first-order valence-corrected chi connectivity index (χ1v) is 7.64. The fourth-order valence-corrected chi connectivity index (χ4v) is 2.97. The second kappa shape index (κ2) is 5.82. The Morgan fingerprint density at radius 1 is 1.24 bits per heavy atom. The molecule has 4 heteroatoms. The van der Waals surface area contributed by atoms with Crippen LogP contribution in [0.2, 0.25) is 0 Å². The monoisotopic (exact) mass is 297 g/mol. The molecule has 0 radical (unpaired) electrons. The zero-order valence-corrected chi connectivity index (χ0v) is 13.0. The molecule has 21 heavy (non-hydrogen) atoms. The molecule has 3 rings (SSSR count). The summed E-state index contributed by atoms with van der Waals surface area (Å²) in [5.74, 6) is 0.967. The maximum atomic E-state index is 5.77. The molecular weight excluding hydrogens is 278 g/mol. The largest absolute Gasteiger partial charge is 0.389 e. The van der Waals surface area contributed by atoms with Crippen molar-refractivity contribution in [2.45, 2.75) is 26.3 Å². The van der Waals surface area contributed by atoms with E-state index < -0.39 is 0 Å². The van der Waals surface area contributed by atoms with Gasteiger partial charge >= 0.3 is 0 Å². The lowest BCUT2D eigenvalue weighted by molar-refractivity contribution is 0.753. The van der Waals surface area contributed by atoms with E-state index in [1.165, 1.54) is 11.1 Å². The van der Waals surface area contributed by atoms with Crippen molar-refractivity contribution < 1.29 is 0 Å². The lowest BCUT2D eigenvalue weighted by Crippen LogP contribution is -2.24. The van der Waals surface area contributed by atoms with E-state index in [1.54, 1.807) is 0 Å². The highest BCUT2D eigenvalue weighted by atomic mass is 32.1. The Bertz CT molecular complexity index is 681. The summed E-state index contributed by atoms with van der Waals surface area (Å²) in [7, 11) is 0. The van der Waals surface area contributed by atoms with Crippen molar-refractivity contribution in [3.8, 4) is 0 Å². The number of thiocarbonyl (C=S) groups is 1. The number of hydrogen-bond donors (Lipinski definition) is 1. The van der Waals surface area contributed by atoms with Crippen molar-refractivity contribution in [1.82, 2.24) is 4.98 Å². The molecule has 1 aromatic carbocycles. The predicted octanol–water partition coefficient (Wildman–Crippen LogP) is 2.98. The van der Waals surface area contributed by atoms with E-state index in [0.29, 0.717) is 4.99 Å². The molecule has 0 saturated heterocycles. The Kier molecular flexibility index (Phi) is 3.88. The number of hydrogen-bond acceptors (Lipinski definition) is 3. The molecule has 0 bridgehead atoms. The number of nitrogens with zero attached hydrogens (tertiary/aromatic N) is 2. The predicted molar refractivity (Wildman–Crippen MR) is 90.7 cm³/mol. The minimum absolute atomic E-state index is 0.428. The SMILES string of the molecule is Cc1cc(C(N)=S)cc(N2CCCc3ccccc3C2)n1. The molecule has 1 aliphatic heterocycles. The van der Waals surface area contributed by atoms with Crippen LogP contribution in [0.25, 0.3) is 0 Å². The zero-order chi connectivity index (χ0) is 14.8. The standard InChI is InChI=1S/C17H19N3S/c1-12-9-15(17(18)21)10-16(19-12)20-8-4-7-13-5-2-3-6-14(13)11-20/h2-3,5-6,9-10H,4,7-8,11H2,1H3,(H2,18,21). The number of benzene rings is 1. The van der Waals surface area contributed by atoms with Crippen LogP contribution in [0, 0.1) is 6.92 Å². The first kappa shape index (κ1) is 14.0. The van der Waals surface area contributed by atoms with Crippen LogP contribution in [0.4, 0.5) is 5.82 Å². The summed E-state index contributed by atoms with van der Waals surface area (Å²) in [6.07, 6.45) is 2.26. The van der Waals surface area contributed by atoms with Crippen LogP contribution in [0.3, 0.4) is 0 Å². The van der Waals surface area contributed by atoms with Crippen molar-refractivity contribution in [3.63, 3.8) is 0 Å². The number of rotatable bonds is 2. The Morgan fingerprint density at radius 2 is 2.00 bits per heavy atom. The third-order valence-electron chi connectivity index (χ3n) is 3.90. The van der Waals surface area contributed by atoms with Crippen LogP contribution in [-0.2, 0) is 13.0 Å². The Labute approximate surface area is 130 Å². The summed E-state index contributed by atoms with van der Waals surface area (Å²) in [6, 6.07) is 12.6. The van der Waals surface area contributed by atoms with Crippen LogP contribution in [0.1, 0.15) is 28.8 Å². The van der Waals surface area contributed by atoms with Crippen molar-refractivity contribution in [2.75, 3.05) is 11.4 Å². The van der Waals surface area contributed by atoms with Crippen molar-refractivity contribution >= 4 is 23.0 Å². The Hall–Kier alpha value is -1.94. The van der Waals surface area contributed by atoms with Gasteiger partial charge in [0, 0.05) is 24.3 Å². The number of pyridine rings is 1. The number of aromatic nitrogens is 1. The molecule has 0 unspecified atom stereocenters. The number of nitrogens with two attached hydrogens (primary N) is 1. The van der Waals surface area contributed by atoms with E-state index in [1.807, 2.05) is 19.1 Å². The summed E-state index contributed by atoms with van der Waals surface area (Å²) in [6.45, 7) is 3.88. The van der Waals surface area contributed by atoms with Gasteiger partial charge in [-0.05, 0) is 43.0 Å². The molecule has 2 heterocycles. The van der Waals surface area contributed by atoms with Gasteiger partial charge in [-0.1, -0.05) is 36.5 Å². The Morgan fingerprint density at radius 3 is 2.76 bits per heavy atom. The van der Waals surface area contributed by atoms with Gasteiger partial charge in [0.1, 0.15) is 10.8 Å². The van der Waals surface area contributed by atoms with Crippen molar-refractivity contribution in [3.05, 3.63) is 58.8 Å². The molecule has 0 spiro atoms.